The summed E-state index contributed by atoms with van der Waals surface area (Å²) in [6.45, 7) is 8.65. The third kappa shape index (κ3) is 7.23. The Morgan fingerprint density at radius 3 is 2.73 bits per heavy atom. The van der Waals surface area contributed by atoms with Crippen molar-refractivity contribution < 1.29 is 4.74 Å². The Labute approximate surface area is 155 Å². The van der Waals surface area contributed by atoms with Gasteiger partial charge in [0, 0.05) is 39.3 Å². The molecule has 0 spiro atoms. The first kappa shape index (κ1) is 19.9. The van der Waals surface area contributed by atoms with Crippen molar-refractivity contribution in [2.24, 2.45) is 4.99 Å². The van der Waals surface area contributed by atoms with Gasteiger partial charge in [-0.05, 0) is 18.9 Å². The Hall–Kier alpha value is -2.41. The molecule has 0 unspecified atom stereocenters. The van der Waals surface area contributed by atoms with E-state index in [4.69, 9.17) is 4.74 Å². The summed E-state index contributed by atoms with van der Waals surface area (Å²) in [6.07, 6.45) is 3.60. The van der Waals surface area contributed by atoms with Gasteiger partial charge in [0.25, 0.3) is 0 Å². The molecule has 7 nitrogen and oxygen atoms in total. The largest absolute Gasteiger partial charge is 0.382 e. The number of nitrogens with zero attached hydrogens (tertiary/aromatic N) is 4. The first-order valence-corrected chi connectivity index (χ1v) is 9.34. The molecular formula is C19H30N6O. The molecule has 0 atom stereocenters. The Morgan fingerprint density at radius 1 is 1.15 bits per heavy atom. The number of hydrogen-bond acceptors (Lipinski definition) is 4. The Morgan fingerprint density at radius 2 is 1.96 bits per heavy atom. The van der Waals surface area contributed by atoms with E-state index < -0.39 is 0 Å². The third-order valence-electron chi connectivity index (χ3n) is 3.88. The van der Waals surface area contributed by atoms with E-state index in [1.165, 1.54) is 5.56 Å². The van der Waals surface area contributed by atoms with Gasteiger partial charge in [-0.15, -0.1) is 10.2 Å². The van der Waals surface area contributed by atoms with E-state index >= 15 is 0 Å². The molecule has 0 aliphatic rings. The fraction of sp³-hybridized carbons (Fsp3) is 0.526. The van der Waals surface area contributed by atoms with Gasteiger partial charge in [0.2, 0.25) is 0 Å². The number of aliphatic imine (C=N–C) groups is 1. The summed E-state index contributed by atoms with van der Waals surface area (Å²) >= 11 is 0. The van der Waals surface area contributed by atoms with Crippen molar-refractivity contribution in [1.82, 2.24) is 25.4 Å². The van der Waals surface area contributed by atoms with Crippen LogP contribution in [0.3, 0.4) is 0 Å². The van der Waals surface area contributed by atoms with Gasteiger partial charge in [-0.25, -0.2) is 4.99 Å². The summed E-state index contributed by atoms with van der Waals surface area (Å²) in [5, 5.41) is 14.9. The zero-order chi connectivity index (χ0) is 18.5. The number of rotatable bonds is 11. The summed E-state index contributed by atoms with van der Waals surface area (Å²) in [7, 11) is 0. The van der Waals surface area contributed by atoms with Crippen molar-refractivity contribution in [1.29, 1.82) is 0 Å². The van der Waals surface area contributed by atoms with E-state index in [1.807, 2.05) is 25.1 Å². The van der Waals surface area contributed by atoms with Crippen LogP contribution in [0.25, 0.3) is 0 Å². The van der Waals surface area contributed by atoms with Gasteiger partial charge in [0.1, 0.15) is 12.2 Å². The molecule has 1 aromatic carbocycles. The van der Waals surface area contributed by atoms with Crippen LogP contribution in [0.15, 0.2) is 41.7 Å². The van der Waals surface area contributed by atoms with Crippen molar-refractivity contribution in [2.75, 3.05) is 26.3 Å². The highest BCUT2D eigenvalue weighted by atomic mass is 16.5. The summed E-state index contributed by atoms with van der Waals surface area (Å²) < 4.78 is 7.45. The summed E-state index contributed by atoms with van der Waals surface area (Å²) in [4.78, 5) is 4.69. The lowest BCUT2D eigenvalue weighted by molar-refractivity contribution is 0.145. The summed E-state index contributed by atoms with van der Waals surface area (Å²) in [5.41, 5.74) is 1.19. The second-order valence-corrected chi connectivity index (χ2v) is 5.85. The predicted molar refractivity (Wildman–Crippen MR) is 104 cm³/mol. The number of hydrogen-bond donors (Lipinski definition) is 2. The Bertz CT molecular complexity index is 640. The second kappa shape index (κ2) is 12.0. The van der Waals surface area contributed by atoms with Crippen molar-refractivity contribution in [3.05, 3.63) is 48.0 Å². The van der Waals surface area contributed by atoms with Crippen LogP contribution in [0.2, 0.25) is 0 Å². The molecule has 2 rings (SSSR count). The number of aromatic nitrogens is 3. The van der Waals surface area contributed by atoms with Crippen LogP contribution in [0.5, 0.6) is 0 Å². The van der Waals surface area contributed by atoms with Crippen LogP contribution in [0.1, 0.15) is 31.7 Å². The van der Waals surface area contributed by atoms with Crippen LogP contribution in [0, 0.1) is 0 Å². The van der Waals surface area contributed by atoms with E-state index in [0.717, 1.165) is 57.5 Å². The SMILES string of the molecule is CCOCCCNC(=NCc1ccccc1)NCCn1cnnc1CC. The van der Waals surface area contributed by atoms with E-state index in [1.54, 1.807) is 6.33 Å². The molecule has 0 aliphatic carbocycles. The molecule has 0 aliphatic heterocycles. The number of aryl methyl sites for hydroxylation is 1. The van der Waals surface area contributed by atoms with Gasteiger partial charge in [0.15, 0.2) is 5.96 Å². The van der Waals surface area contributed by atoms with Crippen molar-refractivity contribution in [3.63, 3.8) is 0 Å². The van der Waals surface area contributed by atoms with Gasteiger partial charge < -0.3 is 19.9 Å². The predicted octanol–water partition coefficient (Wildman–Crippen LogP) is 2.00. The molecule has 2 aromatic rings. The lowest BCUT2D eigenvalue weighted by Crippen LogP contribution is -2.39. The first-order chi connectivity index (χ1) is 12.8. The smallest absolute Gasteiger partial charge is 0.191 e. The maximum Gasteiger partial charge on any atom is 0.191 e. The van der Waals surface area contributed by atoms with Gasteiger partial charge >= 0.3 is 0 Å². The molecule has 0 saturated heterocycles. The van der Waals surface area contributed by atoms with Crippen LogP contribution >= 0.6 is 0 Å². The minimum Gasteiger partial charge on any atom is -0.382 e. The number of benzene rings is 1. The summed E-state index contributed by atoms with van der Waals surface area (Å²) in [5.74, 6) is 1.82. The maximum absolute atomic E-state index is 5.38. The molecule has 1 heterocycles. The molecular weight excluding hydrogens is 328 g/mol. The number of nitrogens with one attached hydrogen (secondary N) is 2. The average Bonchev–Trinajstić information content (AvgIpc) is 3.13. The van der Waals surface area contributed by atoms with Crippen LogP contribution in [0.4, 0.5) is 0 Å². The standard InChI is InChI=1S/C19H30N6O/c1-3-18-24-23-16-25(18)13-12-21-19(20-11-8-14-26-4-2)22-15-17-9-6-5-7-10-17/h5-7,9-10,16H,3-4,8,11-15H2,1-2H3,(H2,20,21,22). The zero-order valence-electron chi connectivity index (χ0n) is 15.8. The molecule has 7 heteroatoms. The fourth-order valence-corrected chi connectivity index (χ4v) is 2.49. The second-order valence-electron chi connectivity index (χ2n) is 5.85. The Kier molecular flexibility index (Phi) is 9.21. The highest BCUT2D eigenvalue weighted by Crippen LogP contribution is 2.00. The lowest BCUT2D eigenvalue weighted by Gasteiger charge is -2.13. The van der Waals surface area contributed by atoms with E-state index in [0.29, 0.717) is 6.54 Å². The zero-order valence-corrected chi connectivity index (χ0v) is 15.8. The maximum atomic E-state index is 5.38. The van der Waals surface area contributed by atoms with E-state index in [2.05, 4.69) is 49.4 Å². The normalized spacial score (nSPS) is 11.5. The van der Waals surface area contributed by atoms with E-state index in [-0.39, 0.29) is 0 Å². The van der Waals surface area contributed by atoms with Crippen molar-refractivity contribution in [3.8, 4) is 0 Å². The molecule has 142 valence electrons. The number of guanidine groups is 1. The van der Waals surface area contributed by atoms with Gasteiger partial charge in [-0.3, -0.25) is 0 Å². The minimum absolute atomic E-state index is 0.647. The highest BCUT2D eigenvalue weighted by molar-refractivity contribution is 5.79. The van der Waals surface area contributed by atoms with E-state index in [9.17, 15) is 0 Å². The fourth-order valence-electron chi connectivity index (χ4n) is 2.49. The Balaban J connectivity index is 1.84. The quantitative estimate of drug-likeness (QED) is 0.365. The topological polar surface area (TPSA) is 76.4 Å². The molecule has 1 aromatic heterocycles. The van der Waals surface area contributed by atoms with Crippen LogP contribution < -0.4 is 10.6 Å². The molecule has 0 fully saturated rings. The highest BCUT2D eigenvalue weighted by Gasteiger charge is 2.03. The van der Waals surface area contributed by atoms with Crippen molar-refractivity contribution >= 4 is 5.96 Å². The lowest BCUT2D eigenvalue weighted by atomic mass is 10.2. The molecule has 0 bridgehead atoms. The third-order valence-corrected chi connectivity index (χ3v) is 3.88. The van der Waals surface area contributed by atoms with Gasteiger partial charge in [0.05, 0.1) is 6.54 Å². The first-order valence-electron chi connectivity index (χ1n) is 9.34. The molecule has 2 N–H and O–H groups in total. The average molecular weight is 358 g/mol. The molecule has 0 amide bonds. The van der Waals surface area contributed by atoms with Gasteiger partial charge in [-0.2, -0.15) is 0 Å². The van der Waals surface area contributed by atoms with Crippen LogP contribution in [-0.2, 0) is 24.2 Å². The molecule has 26 heavy (non-hydrogen) atoms. The number of ether oxygens (including phenoxy) is 1. The molecule has 0 saturated carbocycles. The van der Waals surface area contributed by atoms with Crippen molar-refractivity contribution in [2.45, 2.75) is 39.8 Å². The molecule has 0 radical (unpaired) electrons. The van der Waals surface area contributed by atoms with Crippen LogP contribution in [-0.4, -0.2) is 47.0 Å². The monoisotopic (exact) mass is 358 g/mol. The minimum atomic E-state index is 0.647. The van der Waals surface area contributed by atoms with Gasteiger partial charge in [-0.1, -0.05) is 37.3 Å². The summed E-state index contributed by atoms with van der Waals surface area (Å²) in [6, 6.07) is 10.3.